The number of hydrogen-bond donors (Lipinski definition) is 2. The summed E-state index contributed by atoms with van der Waals surface area (Å²) >= 11 is 0. The molecule has 2 aliphatic rings. The second-order valence-electron chi connectivity index (χ2n) is 14.4. The Morgan fingerprint density at radius 2 is 1.06 bits per heavy atom. The molecule has 0 bridgehead atoms. The molecule has 4 heterocycles. The SMILES string of the molecule is Cc1ccc(-c2cnc(NC[C@@H]3CCCN3C(=O)OC(C)(C)C)nc2)cc1.Cc1cnc(NC[C@@H]2CCCN2C(=O)OC(C)(C)C)nc1.S.S. The zero-order valence-electron chi connectivity index (χ0n) is 30.7. The van der Waals surface area contributed by atoms with E-state index in [0.29, 0.717) is 25.0 Å². The molecule has 0 aliphatic carbocycles. The van der Waals surface area contributed by atoms with Crippen molar-refractivity contribution < 1.29 is 19.1 Å². The average molecular weight is 729 g/mol. The van der Waals surface area contributed by atoms with Crippen LogP contribution in [0.25, 0.3) is 11.1 Å². The molecular formula is C36H56N8O4S2. The fourth-order valence-electron chi connectivity index (χ4n) is 5.43. The second kappa shape index (κ2) is 19.0. The van der Waals surface area contributed by atoms with Gasteiger partial charge in [0.1, 0.15) is 11.2 Å². The van der Waals surface area contributed by atoms with Crippen LogP contribution in [0.2, 0.25) is 0 Å². The lowest BCUT2D eigenvalue weighted by Gasteiger charge is -2.28. The van der Waals surface area contributed by atoms with Gasteiger partial charge < -0.3 is 29.9 Å². The molecule has 2 aliphatic heterocycles. The number of ether oxygens (including phenoxy) is 2. The van der Waals surface area contributed by atoms with E-state index in [1.54, 1.807) is 22.2 Å². The van der Waals surface area contributed by atoms with Crippen LogP contribution in [-0.2, 0) is 9.47 Å². The van der Waals surface area contributed by atoms with E-state index in [1.807, 2.05) is 60.9 Å². The number of aromatic nitrogens is 4. The fourth-order valence-corrected chi connectivity index (χ4v) is 5.43. The zero-order valence-corrected chi connectivity index (χ0v) is 32.7. The van der Waals surface area contributed by atoms with Crippen LogP contribution in [0.1, 0.15) is 78.4 Å². The summed E-state index contributed by atoms with van der Waals surface area (Å²) < 4.78 is 11.0. The van der Waals surface area contributed by atoms with Crippen molar-refractivity contribution in [1.29, 1.82) is 0 Å². The molecule has 12 nitrogen and oxygen atoms in total. The van der Waals surface area contributed by atoms with E-state index in [1.165, 1.54) is 5.56 Å². The van der Waals surface area contributed by atoms with Gasteiger partial charge in [0.25, 0.3) is 0 Å². The van der Waals surface area contributed by atoms with Crippen molar-refractivity contribution in [3.63, 3.8) is 0 Å². The zero-order chi connectivity index (χ0) is 34.9. The number of nitrogens with zero attached hydrogens (tertiary/aromatic N) is 6. The van der Waals surface area contributed by atoms with Gasteiger partial charge in [0.2, 0.25) is 11.9 Å². The van der Waals surface area contributed by atoms with Crippen molar-refractivity contribution in [2.24, 2.45) is 0 Å². The highest BCUT2D eigenvalue weighted by atomic mass is 32.1. The molecular weight excluding hydrogens is 673 g/mol. The quantitative estimate of drug-likeness (QED) is 0.260. The molecule has 1 aromatic carbocycles. The Bertz CT molecular complexity index is 1480. The molecule has 14 heteroatoms. The summed E-state index contributed by atoms with van der Waals surface area (Å²) in [7, 11) is 0. The Morgan fingerprint density at radius 3 is 1.46 bits per heavy atom. The van der Waals surface area contributed by atoms with Gasteiger partial charge in [0.15, 0.2) is 0 Å². The molecule has 2 amide bonds. The monoisotopic (exact) mass is 728 g/mol. The third-order valence-electron chi connectivity index (χ3n) is 7.82. The highest BCUT2D eigenvalue weighted by Crippen LogP contribution is 2.23. The smallest absolute Gasteiger partial charge is 0.410 e. The molecule has 2 N–H and O–H groups in total. The van der Waals surface area contributed by atoms with Crippen LogP contribution in [0, 0.1) is 13.8 Å². The normalized spacial score (nSPS) is 17.0. The Hall–Kier alpha value is -3.78. The maximum absolute atomic E-state index is 12.4. The van der Waals surface area contributed by atoms with Crippen LogP contribution >= 0.6 is 27.0 Å². The lowest BCUT2D eigenvalue weighted by atomic mass is 10.1. The van der Waals surface area contributed by atoms with Crippen LogP contribution in [0.4, 0.5) is 21.5 Å². The van der Waals surface area contributed by atoms with Crippen molar-refractivity contribution in [3.05, 3.63) is 60.2 Å². The number of rotatable bonds is 7. The summed E-state index contributed by atoms with van der Waals surface area (Å²) in [5.41, 5.74) is 3.39. The van der Waals surface area contributed by atoms with Gasteiger partial charge in [-0.05, 0) is 92.2 Å². The first kappa shape index (κ1) is 42.4. The number of aryl methyl sites for hydroxylation is 2. The highest BCUT2D eigenvalue weighted by Gasteiger charge is 2.33. The lowest BCUT2D eigenvalue weighted by molar-refractivity contribution is 0.0224. The molecule has 2 aromatic heterocycles. The highest BCUT2D eigenvalue weighted by molar-refractivity contribution is 7.59. The van der Waals surface area contributed by atoms with E-state index in [-0.39, 0.29) is 51.3 Å². The van der Waals surface area contributed by atoms with E-state index in [9.17, 15) is 9.59 Å². The van der Waals surface area contributed by atoms with Crippen molar-refractivity contribution in [1.82, 2.24) is 29.7 Å². The number of nitrogens with one attached hydrogen (secondary N) is 2. The summed E-state index contributed by atoms with van der Waals surface area (Å²) in [5.74, 6) is 1.17. The third-order valence-corrected chi connectivity index (χ3v) is 7.82. The number of likely N-dealkylation sites (tertiary alicyclic amines) is 2. The number of benzene rings is 1. The summed E-state index contributed by atoms with van der Waals surface area (Å²) in [6, 6.07) is 8.51. The van der Waals surface area contributed by atoms with Gasteiger partial charge in [-0.15, -0.1) is 0 Å². The van der Waals surface area contributed by atoms with Gasteiger partial charge in [-0.1, -0.05) is 29.8 Å². The molecule has 0 radical (unpaired) electrons. The fraction of sp³-hybridized carbons (Fsp3) is 0.556. The van der Waals surface area contributed by atoms with Crippen LogP contribution in [-0.4, -0.2) is 91.4 Å². The Kier molecular flexibility index (Phi) is 16.1. The van der Waals surface area contributed by atoms with Gasteiger partial charge in [0, 0.05) is 56.5 Å². The maximum Gasteiger partial charge on any atom is 0.410 e. The summed E-state index contributed by atoms with van der Waals surface area (Å²) in [6.45, 7) is 18.1. The predicted octanol–water partition coefficient (Wildman–Crippen LogP) is 7.09. The van der Waals surface area contributed by atoms with Crippen LogP contribution in [0.5, 0.6) is 0 Å². The minimum atomic E-state index is -0.480. The van der Waals surface area contributed by atoms with Gasteiger partial charge >= 0.3 is 12.2 Å². The molecule has 5 rings (SSSR count). The second-order valence-corrected chi connectivity index (χ2v) is 14.4. The minimum Gasteiger partial charge on any atom is -0.444 e. The van der Waals surface area contributed by atoms with Crippen LogP contribution < -0.4 is 10.6 Å². The summed E-state index contributed by atoms with van der Waals surface area (Å²) in [5, 5.41) is 6.44. The Morgan fingerprint density at radius 1 is 0.660 bits per heavy atom. The van der Waals surface area contributed by atoms with Crippen molar-refractivity contribution in [3.8, 4) is 11.1 Å². The molecule has 2 fully saturated rings. The molecule has 0 unspecified atom stereocenters. The lowest BCUT2D eigenvalue weighted by Crippen LogP contribution is -2.42. The number of amides is 2. The van der Waals surface area contributed by atoms with Gasteiger partial charge in [-0.2, -0.15) is 27.0 Å². The standard InChI is InChI=1S/C21H28N4O2.C15H24N4O2.2H2S/c1-15-7-9-16(10-8-15)17-12-22-19(23-13-17)24-14-18-6-5-11-25(18)20(26)27-21(2,3)4;1-11-8-16-13(17-9-11)18-10-12-6-5-7-19(12)14(20)21-15(2,3)4;;/h7-10,12-13,18H,5-6,11,14H2,1-4H3,(H,22,23,24);8-9,12H,5-7,10H2,1-4H3,(H,16,17,18);2*1H2/t18-;12-;;/m00../s1. The Labute approximate surface area is 311 Å². The van der Waals surface area contributed by atoms with Gasteiger partial charge in [0.05, 0.1) is 12.1 Å². The molecule has 276 valence electrons. The largest absolute Gasteiger partial charge is 0.444 e. The van der Waals surface area contributed by atoms with E-state index in [2.05, 4.69) is 61.8 Å². The molecule has 0 spiro atoms. The summed E-state index contributed by atoms with van der Waals surface area (Å²) in [6.07, 6.45) is 10.6. The van der Waals surface area contributed by atoms with Crippen molar-refractivity contribution >= 4 is 51.1 Å². The third kappa shape index (κ3) is 13.5. The first-order chi connectivity index (χ1) is 22.7. The van der Waals surface area contributed by atoms with Crippen LogP contribution in [0.15, 0.2) is 49.1 Å². The maximum atomic E-state index is 12.4. The first-order valence-electron chi connectivity index (χ1n) is 16.8. The van der Waals surface area contributed by atoms with Crippen LogP contribution in [0.3, 0.4) is 0 Å². The minimum absolute atomic E-state index is 0. The molecule has 0 saturated carbocycles. The van der Waals surface area contributed by atoms with E-state index >= 15 is 0 Å². The van der Waals surface area contributed by atoms with Crippen molar-refractivity contribution in [2.75, 3.05) is 36.8 Å². The van der Waals surface area contributed by atoms with Gasteiger partial charge in [-0.3, -0.25) is 0 Å². The van der Waals surface area contributed by atoms with E-state index in [0.717, 1.165) is 55.5 Å². The first-order valence-corrected chi connectivity index (χ1v) is 16.8. The topological polar surface area (TPSA) is 135 Å². The number of carbonyl (C=O) groups is 2. The van der Waals surface area contributed by atoms with E-state index in [4.69, 9.17) is 9.47 Å². The summed E-state index contributed by atoms with van der Waals surface area (Å²) in [4.78, 5) is 45.4. The molecule has 3 aromatic rings. The molecule has 50 heavy (non-hydrogen) atoms. The van der Waals surface area contributed by atoms with Crippen molar-refractivity contribution in [2.45, 2.75) is 104 Å². The predicted molar refractivity (Wildman–Crippen MR) is 209 cm³/mol. The van der Waals surface area contributed by atoms with Gasteiger partial charge in [-0.25, -0.2) is 29.5 Å². The number of anilines is 2. The molecule has 2 saturated heterocycles. The van der Waals surface area contributed by atoms with E-state index < -0.39 is 11.2 Å². The molecule has 2 atom stereocenters. The number of hydrogen-bond acceptors (Lipinski definition) is 10. The average Bonchev–Trinajstić information content (AvgIpc) is 3.69. The number of carbonyl (C=O) groups excluding carboxylic acids is 2. The Balaban J connectivity index is 0.000000343.